The van der Waals surface area contributed by atoms with Gasteiger partial charge in [0.25, 0.3) is 0 Å². The minimum atomic E-state index is -4.43. The van der Waals surface area contributed by atoms with Crippen LogP contribution in [0, 0.1) is 0 Å². The van der Waals surface area contributed by atoms with Crippen molar-refractivity contribution in [3.63, 3.8) is 0 Å². The number of alkyl halides is 3. The van der Waals surface area contributed by atoms with Gasteiger partial charge in [-0.25, -0.2) is 4.99 Å². The van der Waals surface area contributed by atoms with Crippen LogP contribution in [0.4, 0.5) is 13.2 Å². The highest BCUT2D eigenvalue weighted by atomic mass is 32.1. The number of hydrogen-bond donors (Lipinski definition) is 3. The molecular formula is C20H26F3N3O3S. The van der Waals surface area contributed by atoms with Crippen LogP contribution in [-0.4, -0.2) is 44.0 Å². The Labute approximate surface area is 177 Å². The van der Waals surface area contributed by atoms with Gasteiger partial charge in [-0.1, -0.05) is 6.07 Å². The molecule has 0 aliphatic heterocycles. The maximum absolute atomic E-state index is 12.4. The Kier molecular flexibility index (Phi) is 8.36. The van der Waals surface area contributed by atoms with E-state index in [1.54, 1.807) is 19.1 Å². The normalized spacial score (nSPS) is 14.2. The lowest BCUT2D eigenvalue weighted by molar-refractivity contribution is -0.153. The van der Waals surface area contributed by atoms with Gasteiger partial charge in [-0.2, -0.15) is 24.5 Å². The fourth-order valence-corrected chi connectivity index (χ4v) is 3.31. The molecule has 0 fully saturated rings. The number of thiophene rings is 1. The molecule has 30 heavy (non-hydrogen) atoms. The summed E-state index contributed by atoms with van der Waals surface area (Å²) in [4.78, 5) is 4.47. The number of halogens is 3. The van der Waals surface area contributed by atoms with Crippen LogP contribution < -0.4 is 20.1 Å². The maximum Gasteiger partial charge on any atom is 0.422 e. The van der Waals surface area contributed by atoms with Crippen molar-refractivity contribution in [2.45, 2.75) is 32.2 Å². The highest BCUT2D eigenvalue weighted by Crippen LogP contribution is 2.30. The van der Waals surface area contributed by atoms with Gasteiger partial charge in [0.1, 0.15) is 5.60 Å². The first-order chi connectivity index (χ1) is 14.1. The summed E-state index contributed by atoms with van der Waals surface area (Å²) >= 11 is 1.51. The van der Waals surface area contributed by atoms with Crippen molar-refractivity contribution in [1.82, 2.24) is 10.6 Å². The first-order valence-corrected chi connectivity index (χ1v) is 10.2. The zero-order valence-corrected chi connectivity index (χ0v) is 17.9. The summed E-state index contributed by atoms with van der Waals surface area (Å²) in [6, 6.07) is 6.51. The van der Waals surface area contributed by atoms with E-state index in [1.807, 2.05) is 23.8 Å². The summed E-state index contributed by atoms with van der Waals surface area (Å²) in [5.41, 5.74) is 0.486. The minimum Gasteiger partial charge on any atom is -0.493 e. The second-order valence-electron chi connectivity index (χ2n) is 6.72. The monoisotopic (exact) mass is 445 g/mol. The van der Waals surface area contributed by atoms with Gasteiger partial charge in [-0.05, 0) is 53.9 Å². The van der Waals surface area contributed by atoms with E-state index in [9.17, 15) is 18.3 Å². The largest absolute Gasteiger partial charge is 0.493 e. The number of ether oxygens (including phenoxy) is 2. The van der Waals surface area contributed by atoms with Gasteiger partial charge in [-0.3, -0.25) is 0 Å². The second kappa shape index (κ2) is 10.5. The quantitative estimate of drug-likeness (QED) is 0.406. The molecule has 1 aromatic carbocycles. The van der Waals surface area contributed by atoms with E-state index in [0.29, 0.717) is 12.5 Å². The topological polar surface area (TPSA) is 75.1 Å². The first kappa shape index (κ1) is 23.8. The SMILES string of the molecule is CCNC(=NCc1ccc(OCC(F)(F)F)c(OC)c1)NCC(C)(O)c1ccsc1. The Morgan fingerprint density at radius 3 is 2.57 bits per heavy atom. The van der Waals surface area contributed by atoms with E-state index in [-0.39, 0.29) is 24.6 Å². The van der Waals surface area contributed by atoms with Gasteiger partial charge >= 0.3 is 6.18 Å². The highest BCUT2D eigenvalue weighted by Gasteiger charge is 2.29. The number of guanidine groups is 1. The zero-order valence-electron chi connectivity index (χ0n) is 17.0. The van der Waals surface area contributed by atoms with Crippen molar-refractivity contribution in [2.75, 3.05) is 26.8 Å². The van der Waals surface area contributed by atoms with Gasteiger partial charge in [0.15, 0.2) is 24.1 Å². The third-order valence-corrected chi connectivity index (χ3v) is 4.81. The van der Waals surface area contributed by atoms with E-state index in [0.717, 1.165) is 11.1 Å². The fraction of sp³-hybridized carbons (Fsp3) is 0.450. The van der Waals surface area contributed by atoms with Crippen molar-refractivity contribution < 1.29 is 27.8 Å². The number of aliphatic hydroxyl groups is 1. The van der Waals surface area contributed by atoms with E-state index in [4.69, 9.17) is 9.47 Å². The maximum atomic E-state index is 12.4. The van der Waals surface area contributed by atoms with Crippen molar-refractivity contribution >= 4 is 17.3 Å². The van der Waals surface area contributed by atoms with Gasteiger partial charge in [0.2, 0.25) is 0 Å². The molecule has 2 aromatic rings. The number of aliphatic imine (C=N–C) groups is 1. The van der Waals surface area contributed by atoms with E-state index in [2.05, 4.69) is 15.6 Å². The molecule has 0 bridgehead atoms. The molecule has 1 aromatic heterocycles. The van der Waals surface area contributed by atoms with Crippen LogP contribution in [0.15, 0.2) is 40.0 Å². The molecule has 0 saturated heterocycles. The molecule has 2 rings (SSSR count). The van der Waals surface area contributed by atoms with Crippen LogP contribution in [0.5, 0.6) is 11.5 Å². The number of nitrogens with zero attached hydrogens (tertiary/aromatic N) is 1. The molecular weight excluding hydrogens is 419 g/mol. The van der Waals surface area contributed by atoms with Gasteiger partial charge < -0.3 is 25.2 Å². The molecule has 0 amide bonds. The lowest BCUT2D eigenvalue weighted by Crippen LogP contribution is -2.44. The van der Waals surface area contributed by atoms with Gasteiger partial charge in [-0.15, -0.1) is 0 Å². The van der Waals surface area contributed by atoms with Crippen LogP contribution in [0.2, 0.25) is 0 Å². The minimum absolute atomic E-state index is 0.0133. The molecule has 0 radical (unpaired) electrons. The molecule has 3 N–H and O–H groups in total. The molecule has 6 nitrogen and oxygen atoms in total. The summed E-state index contributed by atoms with van der Waals surface area (Å²) in [6.45, 7) is 3.38. The zero-order chi connectivity index (χ0) is 22.2. The van der Waals surface area contributed by atoms with Crippen LogP contribution >= 0.6 is 11.3 Å². The Hall–Kier alpha value is -2.46. The average Bonchev–Trinajstić information content (AvgIpc) is 3.24. The molecule has 1 heterocycles. The summed E-state index contributed by atoms with van der Waals surface area (Å²) in [6.07, 6.45) is -4.43. The fourth-order valence-electron chi connectivity index (χ4n) is 2.53. The number of benzene rings is 1. The molecule has 0 aliphatic carbocycles. The van der Waals surface area contributed by atoms with Crippen molar-refractivity contribution in [2.24, 2.45) is 4.99 Å². The van der Waals surface area contributed by atoms with Gasteiger partial charge in [0.05, 0.1) is 20.2 Å². The Morgan fingerprint density at radius 2 is 1.97 bits per heavy atom. The molecule has 0 saturated carbocycles. The Bertz CT molecular complexity index is 824. The smallest absolute Gasteiger partial charge is 0.422 e. The van der Waals surface area contributed by atoms with Gasteiger partial charge in [0, 0.05) is 6.54 Å². The van der Waals surface area contributed by atoms with Crippen LogP contribution in [0.3, 0.4) is 0 Å². The van der Waals surface area contributed by atoms with E-state index in [1.165, 1.54) is 24.5 Å². The summed E-state index contributed by atoms with van der Waals surface area (Å²) in [5, 5.41) is 20.6. The third kappa shape index (κ3) is 7.42. The highest BCUT2D eigenvalue weighted by molar-refractivity contribution is 7.08. The summed E-state index contributed by atoms with van der Waals surface area (Å²) in [7, 11) is 1.36. The molecule has 1 atom stereocenters. The summed E-state index contributed by atoms with van der Waals surface area (Å²) < 4.78 is 47.0. The number of rotatable bonds is 9. The predicted octanol–water partition coefficient (Wildman–Crippen LogP) is 3.66. The van der Waals surface area contributed by atoms with Crippen molar-refractivity contribution in [1.29, 1.82) is 0 Å². The Morgan fingerprint density at radius 1 is 1.20 bits per heavy atom. The number of hydrogen-bond acceptors (Lipinski definition) is 5. The molecule has 10 heteroatoms. The van der Waals surface area contributed by atoms with Crippen molar-refractivity contribution in [3.8, 4) is 11.5 Å². The first-order valence-electron chi connectivity index (χ1n) is 9.28. The van der Waals surface area contributed by atoms with E-state index < -0.39 is 18.4 Å². The number of methoxy groups -OCH3 is 1. The predicted molar refractivity (Wildman–Crippen MR) is 111 cm³/mol. The standard InChI is InChI=1S/C20H26F3N3O3S/c1-4-24-18(26-12-19(2,27)15-7-8-30-11-15)25-10-14-5-6-16(17(9-14)28-3)29-13-20(21,22)23/h5-9,11,27H,4,10,12-13H2,1-3H3,(H2,24,25,26). The number of nitrogens with one attached hydrogen (secondary N) is 2. The van der Waals surface area contributed by atoms with Crippen LogP contribution in [0.1, 0.15) is 25.0 Å². The molecule has 0 aliphatic rings. The summed E-state index contributed by atoms with van der Waals surface area (Å²) in [5.74, 6) is 0.717. The average molecular weight is 446 g/mol. The lowest BCUT2D eigenvalue weighted by atomic mass is 9.99. The third-order valence-electron chi connectivity index (χ3n) is 4.13. The Balaban J connectivity index is 2.04. The molecule has 0 spiro atoms. The lowest BCUT2D eigenvalue weighted by Gasteiger charge is -2.24. The van der Waals surface area contributed by atoms with Crippen LogP contribution in [0.25, 0.3) is 0 Å². The van der Waals surface area contributed by atoms with Crippen molar-refractivity contribution in [3.05, 3.63) is 46.2 Å². The second-order valence-corrected chi connectivity index (χ2v) is 7.50. The van der Waals surface area contributed by atoms with E-state index >= 15 is 0 Å². The molecule has 1 unspecified atom stereocenters. The van der Waals surface area contributed by atoms with Crippen LogP contribution in [-0.2, 0) is 12.1 Å². The molecule has 166 valence electrons.